The first-order valence-corrected chi connectivity index (χ1v) is 8.91. The normalized spacial score (nSPS) is 14.8. The third-order valence-corrected chi connectivity index (χ3v) is 5.08. The average molecular weight is 346 g/mol. The fraction of sp³-hybridized carbons (Fsp3) is 0.471. The van der Waals surface area contributed by atoms with Gasteiger partial charge in [-0.25, -0.2) is 4.98 Å². The van der Waals surface area contributed by atoms with E-state index in [-0.39, 0.29) is 5.91 Å². The van der Waals surface area contributed by atoms with Gasteiger partial charge in [-0.3, -0.25) is 4.79 Å². The van der Waals surface area contributed by atoms with E-state index in [2.05, 4.69) is 21.2 Å². The van der Waals surface area contributed by atoms with Crippen molar-refractivity contribution in [1.82, 2.24) is 14.3 Å². The molecule has 24 heavy (non-hydrogen) atoms. The fourth-order valence-corrected chi connectivity index (χ4v) is 3.55. The highest BCUT2D eigenvalue weighted by atomic mass is 32.1. The first-order valence-electron chi connectivity index (χ1n) is 8.13. The van der Waals surface area contributed by atoms with Crippen LogP contribution in [0.1, 0.15) is 28.7 Å². The first kappa shape index (κ1) is 16.7. The van der Waals surface area contributed by atoms with Crippen LogP contribution in [0.2, 0.25) is 0 Å². The van der Waals surface area contributed by atoms with E-state index in [0.717, 1.165) is 41.8 Å². The molecule has 1 fully saturated rings. The second-order valence-electron chi connectivity index (χ2n) is 5.81. The average Bonchev–Trinajstić information content (AvgIpc) is 3.11. The number of piperazine rings is 1. The van der Waals surface area contributed by atoms with Gasteiger partial charge in [-0.1, -0.05) is 13.0 Å². The Morgan fingerprint density at radius 3 is 2.67 bits per heavy atom. The number of anilines is 1. The van der Waals surface area contributed by atoms with E-state index in [1.165, 1.54) is 11.5 Å². The lowest BCUT2D eigenvalue weighted by Crippen LogP contribution is -2.48. The van der Waals surface area contributed by atoms with E-state index < -0.39 is 0 Å². The minimum atomic E-state index is 0.0551. The molecule has 2 heterocycles. The molecule has 0 spiro atoms. The van der Waals surface area contributed by atoms with Crippen LogP contribution in [0.4, 0.5) is 5.13 Å². The number of benzene rings is 1. The molecule has 1 aliphatic heterocycles. The number of methoxy groups -OCH3 is 1. The maximum absolute atomic E-state index is 12.7. The Morgan fingerprint density at radius 1 is 1.29 bits per heavy atom. The second kappa shape index (κ2) is 7.17. The summed E-state index contributed by atoms with van der Waals surface area (Å²) in [6.45, 7) is 6.98. The molecule has 7 heteroatoms. The minimum absolute atomic E-state index is 0.0551. The highest BCUT2D eigenvalue weighted by Gasteiger charge is 2.24. The van der Waals surface area contributed by atoms with Crippen molar-refractivity contribution in [3.8, 4) is 5.75 Å². The number of hydrogen-bond donors (Lipinski definition) is 0. The summed E-state index contributed by atoms with van der Waals surface area (Å²) < 4.78 is 9.65. The van der Waals surface area contributed by atoms with Crippen LogP contribution in [0.25, 0.3) is 0 Å². The van der Waals surface area contributed by atoms with Crippen LogP contribution in [0, 0.1) is 6.92 Å². The van der Waals surface area contributed by atoms with Crippen LogP contribution >= 0.6 is 11.5 Å². The molecule has 3 rings (SSSR count). The van der Waals surface area contributed by atoms with Crippen molar-refractivity contribution in [3.63, 3.8) is 0 Å². The molecule has 6 nitrogen and oxygen atoms in total. The highest BCUT2D eigenvalue weighted by Crippen LogP contribution is 2.22. The Morgan fingerprint density at radius 2 is 2.04 bits per heavy atom. The quantitative estimate of drug-likeness (QED) is 0.851. The monoisotopic (exact) mass is 346 g/mol. The van der Waals surface area contributed by atoms with Crippen molar-refractivity contribution in [2.75, 3.05) is 38.2 Å². The van der Waals surface area contributed by atoms with Crippen LogP contribution in [0.5, 0.6) is 5.75 Å². The topological polar surface area (TPSA) is 58.6 Å². The SMILES string of the molecule is CCc1nsc(N2CCN(C(=O)c3ccc(C)c(OC)c3)CC2)n1. The van der Waals surface area contributed by atoms with Gasteiger partial charge in [0.2, 0.25) is 5.13 Å². The third kappa shape index (κ3) is 3.36. The molecule has 1 aliphatic rings. The van der Waals surface area contributed by atoms with Crippen molar-refractivity contribution in [2.45, 2.75) is 20.3 Å². The maximum atomic E-state index is 12.7. The standard InChI is InChI=1S/C17H22N4O2S/c1-4-15-18-17(24-19-15)21-9-7-20(8-10-21)16(22)13-6-5-12(2)14(11-13)23-3/h5-6,11H,4,7-10H2,1-3H3. The third-order valence-electron chi connectivity index (χ3n) is 4.27. The predicted octanol–water partition coefficient (Wildman–Crippen LogP) is 2.38. The molecule has 1 aromatic heterocycles. The van der Waals surface area contributed by atoms with Gasteiger partial charge < -0.3 is 14.5 Å². The summed E-state index contributed by atoms with van der Waals surface area (Å²) in [5, 5.41) is 0.955. The van der Waals surface area contributed by atoms with Gasteiger partial charge in [0, 0.05) is 49.7 Å². The molecule has 2 aromatic rings. The van der Waals surface area contributed by atoms with E-state index >= 15 is 0 Å². The van der Waals surface area contributed by atoms with Gasteiger partial charge in [-0.2, -0.15) is 4.37 Å². The molecule has 0 atom stereocenters. The second-order valence-corrected chi connectivity index (χ2v) is 6.54. The van der Waals surface area contributed by atoms with E-state index in [9.17, 15) is 4.79 Å². The summed E-state index contributed by atoms with van der Waals surface area (Å²) in [5.41, 5.74) is 1.71. The summed E-state index contributed by atoms with van der Waals surface area (Å²) in [6.07, 6.45) is 0.851. The molecule has 128 valence electrons. The Bertz CT molecular complexity index is 723. The predicted molar refractivity (Wildman–Crippen MR) is 95.1 cm³/mol. The highest BCUT2D eigenvalue weighted by molar-refractivity contribution is 7.09. The first-order chi connectivity index (χ1) is 11.6. The molecule has 1 amide bonds. The van der Waals surface area contributed by atoms with Crippen LogP contribution in [-0.2, 0) is 6.42 Å². The number of aromatic nitrogens is 2. The van der Waals surface area contributed by atoms with Crippen LogP contribution < -0.4 is 9.64 Å². The summed E-state index contributed by atoms with van der Waals surface area (Å²) in [4.78, 5) is 21.3. The minimum Gasteiger partial charge on any atom is -0.496 e. The molecule has 1 saturated heterocycles. The lowest BCUT2D eigenvalue weighted by molar-refractivity contribution is 0.0746. The van der Waals surface area contributed by atoms with E-state index in [4.69, 9.17) is 4.74 Å². The zero-order valence-electron chi connectivity index (χ0n) is 14.3. The van der Waals surface area contributed by atoms with Crippen LogP contribution in [-0.4, -0.2) is 53.5 Å². The Hall–Kier alpha value is -2.15. The van der Waals surface area contributed by atoms with Crippen molar-refractivity contribution in [2.24, 2.45) is 0 Å². The number of nitrogens with zero attached hydrogens (tertiary/aromatic N) is 4. The molecular formula is C17H22N4O2S. The molecule has 0 unspecified atom stereocenters. The van der Waals surface area contributed by atoms with Gasteiger partial charge in [0.25, 0.3) is 5.91 Å². The van der Waals surface area contributed by atoms with Crippen molar-refractivity contribution in [1.29, 1.82) is 0 Å². The molecular weight excluding hydrogens is 324 g/mol. The largest absolute Gasteiger partial charge is 0.496 e. The maximum Gasteiger partial charge on any atom is 0.254 e. The van der Waals surface area contributed by atoms with Gasteiger partial charge in [-0.05, 0) is 24.6 Å². The van der Waals surface area contributed by atoms with Gasteiger partial charge in [-0.15, -0.1) is 0 Å². The van der Waals surface area contributed by atoms with Crippen LogP contribution in [0.15, 0.2) is 18.2 Å². The lowest BCUT2D eigenvalue weighted by atomic mass is 10.1. The number of rotatable bonds is 4. The fourth-order valence-electron chi connectivity index (χ4n) is 2.75. The van der Waals surface area contributed by atoms with Gasteiger partial charge >= 0.3 is 0 Å². The molecule has 0 bridgehead atoms. The molecule has 0 radical (unpaired) electrons. The molecule has 1 aromatic carbocycles. The summed E-state index contributed by atoms with van der Waals surface area (Å²) in [7, 11) is 1.63. The number of ether oxygens (including phenoxy) is 1. The van der Waals surface area contributed by atoms with Gasteiger partial charge in [0.05, 0.1) is 7.11 Å². The lowest BCUT2D eigenvalue weighted by Gasteiger charge is -2.34. The van der Waals surface area contributed by atoms with Gasteiger partial charge in [0.1, 0.15) is 11.6 Å². The molecule has 0 aliphatic carbocycles. The molecule has 0 saturated carbocycles. The Kier molecular flexibility index (Phi) is 4.99. The Balaban J connectivity index is 1.64. The summed E-state index contributed by atoms with van der Waals surface area (Å²) >= 11 is 1.44. The number of hydrogen-bond acceptors (Lipinski definition) is 6. The Labute approximate surface area is 146 Å². The zero-order chi connectivity index (χ0) is 17.1. The number of carbonyl (C=O) groups excluding carboxylic acids is 1. The zero-order valence-corrected chi connectivity index (χ0v) is 15.1. The van der Waals surface area contributed by atoms with Crippen molar-refractivity contribution >= 4 is 22.6 Å². The summed E-state index contributed by atoms with van der Waals surface area (Å²) in [6, 6.07) is 5.61. The summed E-state index contributed by atoms with van der Waals surface area (Å²) in [5.74, 6) is 1.69. The van der Waals surface area contributed by atoms with E-state index in [0.29, 0.717) is 18.7 Å². The number of carbonyl (C=O) groups is 1. The van der Waals surface area contributed by atoms with Gasteiger partial charge in [0.15, 0.2) is 0 Å². The van der Waals surface area contributed by atoms with Crippen molar-refractivity contribution in [3.05, 3.63) is 35.2 Å². The number of aryl methyl sites for hydroxylation is 2. The van der Waals surface area contributed by atoms with Crippen molar-refractivity contribution < 1.29 is 9.53 Å². The smallest absolute Gasteiger partial charge is 0.254 e. The van der Waals surface area contributed by atoms with E-state index in [1.807, 2.05) is 30.0 Å². The van der Waals surface area contributed by atoms with E-state index in [1.54, 1.807) is 7.11 Å². The molecule has 0 N–H and O–H groups in total. The number of amides is 1. The van der Waals surface area contributed by atoms with Crippen LogP contribution in [0.3, 0.4) is 0 Å².